The SMILES string of the molecule is CC[C@@H](NC(=O)c1cc(C)oc1C)c1ccc(C)cc1. The molecule has 0 aliphatic heterocycles. The van der Waals surface area contributed by atoms with E-state index in [1.165, 1.54) is 5.56 Å². The number of carbonyl (C=O) groups excluding carboxylic acids is 1. The largest absolute Gasteiger partial charge is 0.466 e. The highest BCUT2D eigenvalue weighted by Crippen LogP contribution is 2.20. The molecule has 1 N–H and O–H groups in total. The second-order valence-electron chi connectivity index (χ2n) is 5.17. The molecule has 0 fully saturated rings. The molecule has 0 spiro atoms. The summed E-state index contributed by atoms with van der Waals surface area (Å²) in [6, 6.07) is 10.1. The van der Waals surface area contributed by atoms with Crippen LogP contribution in [0, 0.1) is 20.8 Å². The molecular formula is C17H21NO2. The van der Waals surface area contributed by atoms with Gasteiger partial charge in [-0.05, 0) is 38.8 Å². The minimum atomic E-state index is -0.0771. The zero-order valence-corrected chi connectivity index (χ0v) is 12.5. The van der Waals surface area contributed by atoms with Crippen molar-refractivity contribution < 1.29 is 9.21 Å². The number of rotatable bonds is 4. The quantitative estimate of drug-likeness (QED) is 0.910. The van der Waals surface area contributed by atoms with Gasteiger partial charge < -0.3 is 9.73 Å². The Morgan fingerprint density at radius 2 is 1.85 bits per heavy atom. The fourth-order valence-electron chi connectivity index (χ4n) is 2.31. The van der Waals surface area contributed by atoms with Crippen molar-refractivity contribution >= 4 is 5.91 Å². The maximum Gasteiger partial charge on any atom is 0.255 e. The molecule has 2 rings (SSSR count). The van der Waals surface area contributed by atoms with Gasteiger partial charge in [0.1, 0.15) is 11.5 Å². The van der Waals surface area contributed by atoms with Gasteiger partial charge in [-0.1, -0.05) is 36.8 Å². The first kappa shape index (κ1) is 14.4. The molecule has 3 nitrogen and oxygen atoms in total. The monoisotopic (exact) mass is 271 g/mol. The van der Waals surface area contributed by atoms with E-state index >= 15 is 0 Å². The number of aryl methyl sites for hydroxylation is 3. The van der Waals surface area contributed by atoms with Crippen molar-refractivity contribution in [2.24, 2.45) is 0 Å². The molecule has 0 saturated carbocycles. The third kappa shape index (κ3) is 3.10. The van der Waals surface area contributed by atoms with E-state index in [2.05, 4.69) is 43.4 Å². The number of furan rings is 1. The van der Waals surface area contributed by atoms with Crippen molar-refractivity contribution in [3.8, 4) is 0 Å². The Labute approximate surface area is 120 Å². The average Bonchev–Trinajstić information content (AvgIpc) is 2.76. The van der Waals surface area contributed by atoms with E-state index in [9.17, 15) is 4.79 Å². The molecule has 0 saturated heterocycles. The lowest BCUT2D eigenvalue weighted by Gasteiger charge is -2.17. The predicted molar refractivity (Wildman–Crippen MR) is 79.9 cm³/mol. The molecule has 106 valence electrons. The second-order valence-corrected chi connectivity index (χ2v) is 5.17. The van der Waals surface area contributed by atoms with E-state index in [-0.39, 0.29) is 11.9 Å². The van der Waals surface area contributed by atoms with Gasteiger partial charge >= 0.3 is 0 Å². The number of carbonyl (C=O) groups is 1. The van der Waals surface area contributed by atoms with Crippen LogP contribution in [0.5, 0.6) is 0 Å². The van der Waals surface area contributed by atoms with Crippen molar-refractivity contribution in [3.63, 3.8) is 0 Å². The Kier molecular flexibility index (Phi) is 4.28. The smallest absolute Gasteiger partial charge is 0.255 e. The molecule has 0 aliphatic carbocycles. The third-order valence-electron chi connectivity index (χ3n) is 3.48. The Balaban J connectivity index is 2.16. The molecule has 1 heterocycles. The van der Waals surface area contributed by atoms with E-state index in [0.717, 1.165) is 17.7 Å². The number of amides is 1. The summed E-state index contributed by atoms with van der Waals surface area (Å²) in [7, 11) is 0. The van der Waals surface area contributed by atoms with Gasteiger partial charge in [-0.3, -0.25) is 4.79 Å². The highest BCUT2D eigenvalue weighted by molar-refractivity contribution is 5.95. The molecule has 0 radical (unpaired) electrons. The maximum atomic E-state index is 12.3. The molecular weight excluding hydrogens is 250 g/mol. The Morgan fingerprint density at radius 3 is 2.35 bits per heavy atom. The summed E-state index contributed by atoms with van der Waals surface area (Å²) in [6.07, 6.45) is 0.852. The molecule has 3 heteroatoms. The van der Waals surface area contributed by atoms with Gasteiger partial charge in [-0.2, -0.15) is 0 Å². The van der Waals surface area contributed by atoms with Crippen molar-refractivity contribution in [2.45, 2.75) is 40.2 Å². The van der Waals surface area contributed by atoms with Crippen molar-refractivity contribution in [1.29, 1.82) is 0 Å². The number of nitrogens with one attached hydrogen (secondary N) is 1. The first-order chi connectivity index (χ1) is 9.51. The van der Waals surface area contributed by atoms with Gasteiger partial charge in [0.25, 0.3) is 5.91 Å². The average molecular weight is 271 g/mol. The minimum absolute atomic E-state index is 0.0257. The van der Waals surface area contributed by atoms with Crippen LogP contribution in [0.15, 0.2) is 34.7 Å². The summed E-state index contributed by atoms with van der Waals surface area (Å²) >= 11 is 0. The lowest BCUT2D eigenvalue weighted by Crippen LogP contribution is -2.28. The van der Waals surface area contributed by atoms with Crippen molar-refractivity contribution in [2.75, 3.05) is 0 Å². The number of benzene rings is 1. The lowest BCUT2D eigenvalue weighted by molar-refractivity contribution is 0.0934. The van der Waals surface area contributed by atoms with Gasteiger partial charge in [0.2, 0.25) is 0 Å². The van der Waals surface area contributed by atoms with E-state index in [1.54, 1.807) is 6.07 Å². The summed E-state index contributed by atoms with van der Waals surface area (Å²) in [4.78, 5) is 12.3. The normalized spacial score (nSPS) is 12.2. The van der Waals surface area contributed by atoms with Crippen LogP contribution in [0.25, 0.3) is 0 Å². The third-order valence-corrected chi connectivity index (χ3v) is 3.48. The molecule has 20 heavy (non-hydrogen) atoms. The van der Waals surface area contributed by atoms with Crippen LogP contribution < -0.4 is 5.32 Å². The Bertz CT molecular complexity index is 596. The summed E-state index contributed by atoms with van der Waals surface area (Å²) < 4.78 is 5.41. The molecule has 1 amide bonds. The van der Waals surface area contributed by atoms with Crippen LogP contribution in [0.4, 0.5) is 0 Å². The zero-order chi connectivity index (χ0) is 14.7. The molecule has 0 aliphatic rings. The molecule has 2 aromatic rings. The van der Waals surface area contributed by atoms with Gasteiger partial charge in [-0.25, -0.2) is 0 Å². The Morgan fingerprint density at radius 1 is 1.20 bits per heavy atom. The number of hydrogen-bond acceptors (Lipinski definition) is 2. The fourth-order valence-corrected chi connectivity index (χ4v) is 2.31. The van der Waals surface area contributed by atoms with E-state index in [0.29, 0.717) is 11.3 Å². The fraction of sp³-hybridized carbons (Fsp3) is 0.353. The summed E-state index contributed by atoms with van der Waals surface area (Å²) in [5.41, 5.74) is 2.97. The van der Waals surface area contributed by atoms with Crippen LogP contribution in [0.3, 0.4) is 0 Å². The van der Waals surface area contributed by atoms with Crippen molar-refractivity contribution in [1.82, 2.24) is 5.32 Å². The summed E-state index contributed by atoms with van der Waals surface area (Å²) in [5, 5.41) is 3.07. The van der Waals surface area contributed by atoms with Gasteiger partial charge in [0.15, 0.2) is 0 Å². The molecule has 1 aromatic carbocycles. The van der Waals surface area contributed by atoms with E-state index in [4.69, 9.17) is 4.42 Å². The van der Waals surface area contributed by atoms with Gasteiger partial charge in [0.05, 0.1) is 11.6 Å². The highest BCUT2D eigenvalue weighted by atomic mass is 16.3. The van der Waals surface area contributed by atoms with Crippen LogP contribution in [0.2, 0.25) is 0 Å². The number of hydrogen-bond donors (Lipinski definition) is 1. The topological polar surface area (TPSA) is 42.2 Å². The van der Waals surface area contributed by atoms with Crippen molar-refractivity contribution in [3.05, 3.63) is 58.5 Å². The highest BCUT2D eigenvalue weighted by Gasteiger charge is 2.17. The standard InChI is InChI=1S/C17H21NO2/c1-5-16(14-8-6-11(2)7-9-14)18-17(19)15-10-12(3)20-13(15)4/h6-10,16H,5H2,1-4H3,(H,18,19)/t16-/m1/s1. The first-order valence-electron chi connectivity index (χ1n) is 6.95. The van der Waals surface area contributed by atoms with Crippen LogP contribution >= 0.6 is 0 Å². The molecule has 1 atom stereocenters. The van der Waals surface area contributed by atoms with Crippen LogP contribution in [0.1, 0.15) is 52.4 Å². The predicted octanol–water partition coefficient (Wildman–Crippen LogP) is 4.09. The van der Waals surface area contributed by atoms with E-state index in [1.807, 2.05) is 13.8 Å². The molecule has 0 unspecified atom stereocenters. The van der Waals surface area contributed by atoms with Crippen LogP contribution in [-0.2, 0) is 0 Å². The van der Waals surface area contributed by atoms with Gasteiger partial charge in [-0.15, -0.1) is 0 Å². The minimum Gasteiger partial charge on any atom is -0.466 e. The summed E-state index contributed by atoms with van der Waals surface area (Å²) in [5.74, 6) is 1.35. The second kappa shape index (κ2) is 5.95. The Hall–Kier alpha value is -2.03. The zero-order valence-electron chi connectivity index (χ0n) is 12.5. The first-order valence-corrected chi connectivity index (χ1v) is 6.95. The van der Waals surface area contributed by atoms with Crippen LogP contribution in [-0.4, -0.2) is 5.91 Å². The maximum absolute atomic E-state index is 12.3. The molecule has 1 aromatic heterocycles. The summed E-state index contributed by atoms with van der Waals surface area (Å²) in [6.45, 7) is 7.79. The van der Waals surface area contributed by atoms with Gasteiger partial charge in [0, 0.05) is 0 Å². The lowest BCUT2D eigenvalue weighted by atomic mass is 10.0. The van der Waals surface area contributed by atoms with E-state index < -0.39 is 0 Å². The molecule has 0 bridgehead atoms.